The van der Waals surface area contributed by atoms with Gasteiger partial charge in [-0.15, -0.1) is 0 Å². The van der Waals surface area contributed by atoms with Gasteiger partial charge in [0, 0.05) is 11.9 Å². The van der Waals surface area contributed by atoms with Crippen LogP contribution in [0.2, 0.25) is 0 Å². The molecule has 0 fully saturated rings. The van der Waals surface area contributed by atoms with Crippen molar-refractivity contribution in [3.8, 4) is 0 Å². The zero-order valence-corrected chi connectivity index (χ0v) is 14.0. The maximum Gasteiger partial charge on any atom is 0.0701 e. The third-order valence-electron chi connectivity index (χ3n) is 2.21. The smallest absolute Gasteiger partial charge is 0.0701 e. The Hall–Kier alpha value is 0.240. The van der Waals surface area contributed by atoms with Crippen LogP contribution in [0.15, 0.2) is 0 Å². The van der Waals surface area contributed by atoms with E-state index in [0.717, 1.165) is 18.5 Å². The highest BCUT2D eigenvalue weighted by atomic mass is 79.9. The number of halogens is 1. The van der Waals surface area contributed by atoms with Crippen LogP contribution in [-0.2, 0) is 23.7 Å². The van der Waals surface area contributed by atoms with Crippen LogP contribution in [0, 0.1) is 0 Å². The van der Waals surface area contributed by atoms with E-state index in [1.807, 2.05) is 7.05 Å². The quantitative estimate of drug-likeness (QED) is 0.305. The molecule has 0 aliphatic rings. The maximum absolute atomic E-state index is 5.36. The van der Waals surface area contributed by atoms with Gasteiger partial charge in [0.25, 0.3) is 0 Å². The molecule has 0 saturated carbocycles. The van der Waals surface area contributed by atoms with Crippen LogP contribution in [0.3, 0.4) is 0 Å². The molecule has 0 saturated heterocycles. The van der Waals surface area contributed by atoms with Gasteiger partial charge < -0.3 is 29.0 Å². The van der Waals surface area contributed by atoms with Crippen molar-refractivity contribution in [1.29, 1.82) is 0 Å². The predicted octanol–water partition coefficient (Wildman–Crippen LogP) is 0.684. The molecule has 0 aromatic heterocycles. The highest BCUT2D eigenvalue weighted by Crippen LogP contribution is 1.85. The van der Waals surface area contributed by atoms with Crippen LogP contribution in [-0.4, -0.2) is 85.0 Å². The average Bonchev–Trinajstić information content (AvgIpc) is 2.47. The fourth-order valence-electron chi connectivity index (χ4n) is 1.21. The van der Waals surface area contributed by atoms with Crippen molar-refractivity contribution >= 4 is 15.9 Å². The Labute approximate surface area is 130 Å². The molecule has 0 aliphatic heterocycles. The zero-order valence-electron chi connectivity index (χ0n) is 12.4. The van der Waals surface area contributed by atoms with Gasteiger partial charge in [-0.2, -0.15) is 0 Å². The van der Waals surface area contributed by atoms with Gasteiger partial charge in [0.2, 0.25) is 0 Å². The Bertz CT molecular complexity index is 159. The van der Waals surface area contributed by atoms with Crippen LogP contribution >= 0.6 is 15.9 Å². The van der Waals surface area contributed by atoms with E-state index in [1.165, 1.54) is 0 Å². The zero-order chi connectivity index (χ0) is 14.7. The van der Waals surface area contributed by atoms with Crippen molar-refractivity contribution in [2.45, 2.75) is 0 Å². The number of ether oxygens (including phenoxy) is 5. The third kappa shape index (κ3) is 18.2. The molecule has 0 bridgehead atoms. The molecule has 0 aliphatic carbocycles. The van der Waals surface area contributed by atoms with E-state index < -0.39 is 0 Å². The first-order valence-electron chi connectivity index (χ1n) is 7.01. The lowest BCUT2D eigenvalue weighted by molar-refractivity contribution is -0.00970. The van der Waals surface area contributed by atoms with Crippen molar-refractivity contribution in [3.63, 3.8) is 0 Å². The molecule has 0 atom stereocenters. The molecule has 0 spiro atoms. The van der Waals surface area contributed by atoms with Crippen LogP contribution in [0.1, 0.15) is 0 Å². The summed E-state index contributed by atoms with van der Waals surface area (Å²) in [5.41, 5.74) is 0. The highest BCUT2D eigenvalue weighted by Gasteiger charge is 1.93. The molecule has 0 rings (SSSR count). The van der Waals surface area contributed by atoms with Crippen LogP contribution < -0.4 is 5.32 Å². The summed E-state index contributed by atoms with van der Waals surface area (Å²) < 4.78 is 26.6. The number of nitrogens with one attached hydrogen (secondary N) is 1. The van der Waals surface area contributed by atoms with E-state index in [0.29, 0.717) is 59.5 Å². The van der Waals surface area contributed by atoms with Crippen molar-refractivity contribution in [3.05, 3.63) is 0 Å². The molecule has 20 heavy (non-hydrogen) atoms. The number of rotatable bonds is 17. The molecule has 0 amide bonds. The van der Waals surface area contributed by atoms with Gasteiger partial charge >= 0.3 is 0 Å². The molecule has 122 valence electrons. The Balaban J connectivity index is 2.89. The summed E-state index contributed by atoms with van der Waals surface area (Å²) >= 11 is 3.29. The van der Waals surface area contributed by atoms with E-state index in [2.05, 4.69) is 21.2 Å². The lowest BCUT2D eigenvalue weighted by atomic mass is 10.6. The van der Waals surface area contributed by atoms with E-state index in [-0.39, 0.29) is 0 Å². The standard InChI is InChI=1S/C13H28BrNO5/c1-15-3-5-17-7-9-19-11-13-20-12-10-18-8-6-16-4-2-14/h15H,2-13H2,1H3. The molecule has 6 nitrogen and oxygen atoms in total. The molecular weight excluding hydrogens is 330 g/mol. The summed E-state index contributed by atoms with van der Waals surface area (Å²) in [5.74, 6) is 0. The normalized spacial score (nSPS) is 11.1. The van der Waals surface area contributed by atoms with Crippen molar-refractivity contribution in [1.82, 2.24) is 5.32 Å². The molecule has 0 aromatic carbocycles. The minimum absolute atomic E-state index is 0.583. The molecule has 0 aromatic rings. The van der Waals surface area contributed by atoms with Crippen LogP contribution in [0.25, 0.3) is 0 Å². The Kier molecular flexibility index (Phi) is 19.5. The minimum Gasteiger partial charge on any atom is -0.378 e. The second-order valence-electron chi connectivity index (χ2n) is 3.85. The Morgan fingerprint density at radius 2 is 0.950 bits per heavy atom. The SMILES string of the molecule is CNCCOCCOCCOCCOCCOCCBr. The third-order valence-corrected chi connectivity index (χ3v) is 2.53. The topological polar surface area (TPSA) is 58.2 Å². The first-order valence-corrected chi connectivity index (χ1v) is 8.13. The van der Waals surface area contributed by atoms with Gasteiger partial charge in [-0.05, 0) is 7.05 Å². The fraction of sp³-hybridized carbons (Fsp3) is 1.00. The van der Waals surface area contributed by atoms with E-state index in [4.69, 9.17) is 23.7 Å². The summed E-state index contributed by atoms with van der Waals surface area (Å²) in [6.07, 6.45) is 0. The van der Waals surface area contributed by atoms with Gasteiger partial charge in [-0.1, -0.05) is 15.9 Å². The molecule has 7 heteroatoms. The number of hydrogen-bond acceptors (Lipinski definition) is 6. The van der Waals surface area contributed by atoms with Gasteiger partial charge in [0.15, 0.2) is 0 Å². The molecule has 0 unspecified atom stereocenters. The van der Waals surface area contributed by atoms with Crippen LogP contribution in [0.5, 0.6) is 0 Å². The van der Waals surface area contributed by atoms with Gasteiger partial charge in [0.1, 0.15) is 0 Å². The van der Waals surface area contributed by atoms with Crippen LogP contribution in [0.4, 0.5) is 0 Å². The second kappa shape index (κ2) is 19.2. The van der Waals surface area contributed by atoms with Gasteiger partial charge in [-0.25, -0.2) is 0 Å². The number of alkyl halides is 1. The lowest BCUT2D eigenvalue weighted by Crippen LogP contribution is -2.17. The first kappa shape index (κ1) is 20.2. The van der Waals surface area contributed by atoms with E-state index in [1.54, 1.807) is 0 Å². The first-order chi connectivity index (χ1) is 9.91. The number of likely N-dealkylation sites (N-methyl/N-ethyl adjacent to an activating group) is 1. The average molecular weight is 358 g/mol. The Morgan fingerprint density at radius 1 is 0.600 bits per heavy atom. The molecular formula is C13H28BrNO5. The summed E-state index contributed by atoms with van der Waals surface area (Å²) in [6.45, 7) is 7.11. The number of hydrogen-bond donors (Lipinski definition) is 1. The fourth-order valence-corrected chi connectivity index (χ4v) is 1.44. The summed E-state index contributed by atoms with van der Waals surface area (Å²) in [5, 5.41) is 3.87. The van der Waals surface area contributed by atoms with Crippen molar-refractivity contribution in [2.75, 3.05) is 85.0 Å². The van der Waals surface area contributed by atoms with Crippen molar-refractivity contribution < 1.29 is 23.7 Å². The van der Waals surface area contributed by atoms with Crippen molar-refractivity contribution in [2.24, 2.45) is 0 Å². The summed E-state index contributed by atoms with van der Waals surface area (Å²) in [4.78, 5) is 0. The minimum atomic E-state index is 0.583. The van der Waals surface area contributed by atoms with E-state index >= 15 is 0 Å². The van der Waals surface area contributed by atoms with Gasteiger partial charge in [0.05, 0.1) is 66.1 Å². The lowest BCUT2D eigenvalue weighted by Gasteiger charge is -2.07. The highest BCUT2D eigenvalue weighted by molar-refractivity contribution is 9.09. The Morgan fingerprint density at radius 3 is 1.30 bits per heavy atom. The second-order valence-corrected chi connectivity index (χ2v) is 4.65. The van der Waals surface area contributed by atoms with E-state index in [9.17, 15) is 0 Å². The molecule has 0 heterocycles. The molecule has 0 radical (unpaired) electrons. The summed E-state index contributed by atoms with van der Waals surface area (Å²) in [7, 11) is 1.90. The largest absolute Gasteiger partial charge is 0.378 e. The molecule has 1 N–H and O–H groups in total. The van der Waals surface area contributed by atoms with Gasteiger partial charge in [-0.3, -0.25) is 0 Å². The predicted molar refractivity (Wildman–Crippen MR) is 81.8 cm³/mol. The maximum atomic E-state index is 5.36. The summed E-state index contributed by atoms with van der Waals surface area (Å²) in [6, 6.07) is 0. The monoisotopic (exact) mass is 357 g/mol.